The fourth-order valence-corrected chi connectivity index (χ4v) is 2.66. The molecule has 23 heavy (non-hydrogen) atoms. The van der Waals surface area contributed by atoms with Crippen LogP contribution in [0.25, 0.3) is 0 Å². The molecule has 0 aliphatic rings. The molecule has 0 bridgehead atoms. The first-order chi connectivity index (χ1) is 10.8. The molecular formula is C17H18Cl2N2O2. The Morgan fingerprint density at radius 2 is 1.91 bits per heavy atom. The van der Waals surface area contributed by atoms with E-state index in [4.69, 9.17) is 33.7 Å². The summed E-state index contributed by atoms with van der Waals surface area (Å²) in [6.45, 7) is 5.48. The largest absolute Gasteiger partial charge is 0.479 e. The Hall–Kier alpha value is -1.91. The molecule has 4 nitrogen and oxygen atoms in total. The molecule has 6 heteroatoms. The number of rotatable bonds is 4. The predicted octanol–water partition coefficient (Wildman–Crippen LogP) is 4.60. The van der Waals surface area contributed by atoms with Crippen molar-refractivity contribution >= 4 is 40.5 Å². The highest BCUT2D eigenvalue weighted by Gasteiger charge is 2.18. The number of benzene rings is 2. The average Bonchev–Trinajstić information content (AvgIpc) is 2.45. The van der Waals surface area contributed by atoms with Crippen molar-refractivity contribution in [1.29, 1.82) is 0 Å². The number of nitrogens with two attached hydrogens (primary N) is 1. The van der Waals surface area contributed by atoms with E-state index in [0.717, 1.165) is 11.1 Å². The Labute approximate surface area is 145 Å². The fraction of sp³-hybridized carbons (Fsp3) is 0.235. The van der Waals surface area contributed by atoms with Crippen molar-refractivity contribution < 1.29 is 9.53 Å². The molecule has 2 aromatic carbocycles. The summed E-state index contributed by atoms with van der Waals surface area (Å²) in [5.41, 5.74) is 9.02. The zero-order chi connectivity index (χ0) is 17.1. The summed E-state index contributed by atoms with van der Waals surface area (Å²) in [5.74, 6) is 0.0852. The van der Waals surface area contributed by atoms with Gasteiger partial charge in [0.2, 0.25) is 0 Å². The Bertz CT molecular complexity index is 724. The van der Waals surface area contributed by atoms with Gasteiger partial charge in [0.25, 0.3) is 5.91 Å². The van der Waals surface area contributed by atoms with Crippen molar-refractivity contribution in [2.45, 2.75) is 26.9 Å². The lowest BCUT2D eigenvalue weighted by molar-refractivity contribution is -0.122. The van der Waals surface area contributed by atoms with E-state index in [1.807, 2.05) is 26.0 Å². The highest BCUT2D eigenvalue weighted by atomic mass is 35.5. The molecule has 3 N–H and O–H groups in total. The molecule has 0 fully saturated rings. The van der Waals surface area contributed by atoms with Crippen molar-refractivity contribution in [2.24, 2.45) is 0 Å². The van der Waals surface area contributed by atoms with Crippen LogP contribution in [0.2, 0.25) is 10.0 Å². The molecule has 0 aliphatic carbocycles. The summed E-state index contributed by atoms with van der Waals surface area (Å²) < 4.78 is 5.59. The van der Waals surface area contributed by atoms with Gasteiger partial charge in [0, 0.05) is 5.02 Å². The van der Waals surface area contributed by atoms with Gasteiger partial charge in [0.1, 0.15) is 5.75 Å². The number of carbonyl (C=O) groups is 1. The summed E-state index contributed by atoms with van der Waals surface area (Å²) in [6.07, 6.45) is -0.742. The number of anilines is 2. The van der Waals surface area contributed by atoms with Crippen LogP contribution >= 0.6 is 23.2 Å². The number of halogens is 2. The van der Waals surface area contributed by atoms with E-state index in [2.05, 4.69) is 5.32 Å². The number of nitrogen functional groups attached to an aromatic ring is 1. The maximum atomic E-state index is 12.3. The van der Waals surface area contributed by atoms with Crippen molar-refractivity contribution in [1.82, 2.24) is 0 Å². The second-order valence-corrected chi connectivity index (χ2v) is 6.21. The third kappa shape index (κ3) is 4.30. The lowest BCUT2D eigenvalue weighted by Crippen LogP contribution is -2.30. The Kier molecular flexibility index (Phi) is 5.39. The van der Waals surface area contributed by atoms with Gasteiger partial charge in [-0.3, -0.25) is 4.79 Å². The van der Waals surface area contributed by atoms with Crippen LogP contribution in [0.4, 0.5) is 11.4 Å². The van der Waals surface area contributed by atoms with Crippen LogP contribution in [0.5, 0.6) is 5.75 Å². The standard InChI is InChI=1S/C17H18Cl2N2O2/c1-9-6-10(2)16(14(20)7-9)21-17(22)11(3)23-15-5-4-12(18)8-13(15)19/h4-8,11H,20H2,1-3H3,(H,21,22). The minimum absolute atomic E-state index is 0.310. The number of nitrogens with one attached hydrogen (secondary N) is 1. The fourth-order valence-electron chi connectivity index (χ4n) is 2.21. The molecule has 0 heterocycles. The van der Waals surface area contributed by atoms with E-state index >= 15 is 0 Å². The van der Waals surface area contributed by atoms with Crippen molar-refractivity contribution in [3.63, 3.8) is 0 Å². The number of hydrogen-bond acceptors (Lipinski definition) is 3. The van der Waals surface area contributed by atoms with Crippen molar-refractivity contribution in [3.05, 3.63) is 51.5 Å². The molecular weight excluding hydrogens is 335 g/mol. The molecule has 0 aromatic heterocycles. The predicted molar refractivity (Wildman–Crippen MR) is 95.5 cm³/mol. The minimum Gasteiger partial charge on any atom is -0.479 e. The zero-order valence-electron chi connectivity index (χ0n) is 13.1. The Morgan fingerprint density at radius 1 is 1.22 bits per heavy atom. The molecule has 1 unspecified atom stereocenters. The van der Waals surface area contributed by atoms with E-state index in [1.54, 1.807) is 25.1 Å². The van der Waals surface area contributed by atoms with Crippen LogP contribution in [0.1, 0.15) is 18.1 Å². The summed E-state index contributed by atoms with van der Waals surface area (Å²) in [5, 5.41) is 3.65. The molecule has 0 aliphatic heterocycles. The molecule has 122 valence electrons. The number of ether oxygens (including phenoxy) is 1. The van der Waals surface area contributed by atoms with Gasteiger partial charge in [-0.25, -0.2) is 0 Å². The van der Waals surface area contributed by atoms with Crippen LogP contribution in [0.3, 0.4) is 0 Å². The van der Waals surface area contributed by atoms with Crippen LogP contribution in [0, 0.1) is 13.8 Å². The molecule has 0 spiro atoms. The molecule has 1 atom stereocenters. The SMILES string of the molecule is Cc1cc(C)c(NC(=O)C(C)Oc2ccc(Cl)cc2Cl)c(N)c1. The second kappa shape index (κ2) is 7.11. The zero-order valence-corrected chi connectivity index (χ0v) is 14.6. The van der Waals surface area contributed by atoms with E-state index in [9.17, 15) is 4.79 Å². The van der Waals surface area contributed by atoms with Crippen molar-refractivity contribution in [2.75, 3.05) is 11.1 Å². The van der Waals surface area contributed by atoms with Crippen LogP contribution in [-0.4, -0.2) is 12.0 Å². The highest BCUT2D eigenvalue weighted by Crippen LogP contribution is 2.29. The lowest BCUT2D eigenvalue weighted by atomic mass is 10.1. The van der Waals surface area contributed by atoms with Crippen molar-refractivity contribution in [3.8, 4) is 5.75 Å². The summed E-state index contributed by atoms with van der Waals surface area (Å²) in [7, 11) is 0. The van der Waals surface area contributed by atoms with Gasteiger partial charge in [-0.1, -0.05) is 29.3 Å². The smallest absolute Gasteiger partial charge is 0.265 e. The van der Waals surface area contributed by atoms with Crippen LogP contribution in [-0.2, 0) is 4.79 Å². The number of carbonyl (C=O) groups excluding carboxylic acids is 1. The molecule has 0 saturated heterocycles. The first-order valence-electron chi connectivity index (χ1n) is 7.07. The quantitative estimate of drug-likeness (QED) is 0.790. The molecule has 0 radical (unpaired) electrons. The number of hydrogen-bond donors (Lipinski definition) is 2. The van der Waals surface area contributed by atoms with E-state index < -0.39 is 6.10 Å². The molecule has 2 rings (SSSR count). The number of amides is 1. The van der Waals surface area contributed by atoms with Gasteiger partial charge in [-0.05, 0) is 56.2 Å². The molecule has 2 aromatic rings. The van der Waals surface area contributed by atoms with Gasteiger partial charge in [0.15, 0.2) is 6.10 Å². The summed E-state index contributed by atoms with van der Waals surface area (Å²) in [4.78, 5) is 12.3. The summed E-state index contributed by atoms with van der Waals surface area (Å²) in [6, 6.07) is 8.60. The first-order valence-corrected chi connectivity index (χ1v) is 7.83. The molecule has 0 saturated carbocycles. The number of aryl methyl sites for hydroxylation is 2. The highest BCUT2D eigenvalue weighted by molar-refractivity contribution is 6.35. The first kappa shape index (κ1) is 17.4. The second-order valence-electron chi connectivity index (χ2n) is 5.37. The van der Waals surface area contributed by atoms with E-state index in [0.29, 0.717) is 27.2 Å². The minimum atomic E-state index is -0.742. The van der Waals surface area contributed by atoms with Gasteiger partial charge < -0.3 is 15.8 Å². The third-order valence-corrected chi connectivity index (χ3v) is 3.86. The Morgan fingerprint density at radius 3 is 2.52 bits per heavy atom. The van der Waals surface area contributed by atoms with Gasteiger partial charge in [-0.15, -0.1) is 0 Å². The van der Waals surface area contributed by atoms with Crippen LogP contribution in [0.15, 0.2) is 30.3 Å². The average molecular weight is 353 g/mol. The van der Waals surface area contributed by atoms with Gasteiger partial charge >= 0.3 is 0 Å². The Balaban J connectivity index is 2.11. The maximum absolute atomic E-state index is 12.3. The van der Waals surface area contributed by atoms with Gasteiger partial charge in [0.05, 0.1) is 16.4 Å². The summed E-state index contributed by atoms with van der Waals surface area (Å²) >= 11 is 11.9. The maximum Gasteiger partial charge on any atom is 0.265 e. The monoisotopic (exact) mass is 352 g/mol. The molecule has 1 amide bonds. The topological polar surface area (TPSA) is 64.3 Å². The van der Waals surface area contributed by atoms with Crippen LogP contribution < -0.4 is 15.8 Å². The van der Waals surface area contributed by atoms with E-state index in [1.165, 1.54) is 0 Å². The van der Waals surface area contributed by atoms with Gasteiger partial charge in [-0.2, -0.15) is 0 Å². The van der Waals surface area contributed by atoms with E-state index in [-0.39, 0.29) is 5.91 Å². The normalized spacial score (nSPS) is 11.9. The lowest BCUT2D eigenvalue weighted by Gasteiger charge is -2.18. The third-order valence-electron chi connectivity index (χ3n) is 3.33.